The van der Waals surface area contributed by atoms with Crippen molar-refractivity contribution in [2.24, 2.45) is 0 Å². The molecule has 0 spiro atoms. The fourth-order valence-corrected chi connectivity index (χ4v) is 4.62. The van der Waals surface area contributed by atoms with Gasteiger partial charge in [-0.25, -0.2) is 4.98 Å². The summed E-state index contributed by atoms with van der Waals surface area (Å²) in [6.07, 6.45) is 3.77. The Labute approximate surface area is 200 Å². The molecule has 1 aliphatic rings. The van der Waals surface area contributed by atoms with E-state index in [1.165, 1.54) is 5.56 Å². The van der Waals surface area contributed by atoms with Crippen molar-refractivity contribution in [2.45, 2.75) is 25.7 Å². The van der Waals surface area contributed by atoms with Gasteiger partial charge in [-0.15, -0.1) is 0 Å². The SMILES string of the molecule is COc1ccc(/C=C(/C(=O)N2CCC(c3nc4ccc(C)cc4[nH]3)CC2)c2ccccc2)cc1. The Bertz CT molecular complexity index is 1310. The Hall–Kier alpha value is -3.86. The van der Waals surface area contributed by atoms with Gasteiger partial charge in [0, 0.05) is 24.6 Å². The number of imidazole rings is 1. The molecule has 4 aromatic rings. The Kier molecular flexibility index (Phi) is 6.17. The number of piperidine rings is 1. The molecule has 0 aliphatic carbocycles. The molecule has 0 radical (unpaired) electrons. The third-order valence-electron chi connectivity index (χ3n) is 6.57. The fraction of sp³-hybridized carbons (Fsp3) is 0.241. The zero-order chi connectivity index (χ0) is 23.5. The second-order valence-corrected chi connectivity index (χ2v) is 8.91. The van der Waals surface area contributed by atoms with Gasteiger partial charge in [0.25, 0.3) is 5.91 Å². The van der Waals surface area contributed by atoms with E-state index in [-0.39, 0.29) is 5.91 Å². The lowest BCUT2D eigenvalue weighted by Gasteiger charge is -2.32. The van der Waals surface area contributed by atoms with Crippen molar-refractivity contribution >= 4 is 28.6 Å². The summed E-state index contributed by atoms with van der Waals surface area (Å²) in [7, 11) is 1.65. The maximum absolute atomic E-state index is 13.7. The number of rotatable bonds is 5. The number of aromatic nitrogens is 2. The number of nitrogens with one attached hydrogen (secondary N) is 1. The van der Waals surface area contributed by atoms with Crippen LogP contribution in [-0.4, -0.2) is 41.0 Å². The maximum Gasteiger partial charge on any atom is 0.254 e. The fourth-order valence-electron chi connectivity index (χ4n) is 4.62. The Morgan fingerprint density at radius 3 is 2.47 bits per heavy atom. The minimum Gasteiger partial charge on any atom is -0.497 e. The first-order valence-corrected chi connectivity index (χ1v) is 11.8. The van der Waals surface area contributed by atoms with Crippen LogP contribution in [0.5, 0.6) is 5.75 Å². The molecule has 0 saturated carbocycles. The van der Waals surface area contributed by atoms with E-state index in [2.05, 4.69) is 30.1 Å². The number of hydrogen-bond acceptors (Lipinski definition) is 3. The number of benzene rings is 3. The molecule has 0 unspecified atom stereocenters. The summed E-state index contributed by atoms with van der Waals surface area (Å²) < 4.78 is 5.27. The van der Waals surface area contributed by atoms with Crippen molar-refractivity contribution in [1.29, 1.82) is 0 Å². The summed E-state index contributed by atoms with van der Waals surface area (Å²) in [4.78, 5) is 24.0. The van der Waals surface area contributed by atoms with E-state index in [0.29, 0.717) is 24.6 Å². The Morgan fingerprint density at radius 1 is 1.03 bits per heavy atom. The molecule has 5 heteroatoms. The van der Waals surface area contributed by atoms with Gasteiger partial charge < -0.3 is 14.6 Å². The molecule has 1 aromatic heterocycles. The maximum atomic E-state index is 13.7. The number of likely N-dealkylation sites (tertiary alicyclic amines) is 1. The van der Waals surface area contributed by atoms with E-state index in [9.17, 15) is 4.79 Å². The van der Waals surface area contributed by atoms with Crippen molar-refractivity contribution < 1.29 is 9.53 Å². The minimum atomic E-state index is 0.0701. The van der Waals surface area contributed by atoms with Crippen LogP contribution in [0.2, 0.25) is 0 Å². The summed E-state index contributed by atoms with van der Waals surface area (Å²) in [5.41, 5.74) is 5.93. The van der Waals surface area contributed by atoms with E-state index < -0.39 is 0 Å². The van der Waals surface area contributed by atoms with E-state index in [1.54, 1.807) is 7.11 Å². The van der Waals surface area contributed by atoms with Gasteiger partial charge in [-0.2, -0.15) is 0 Å². The molecule has 1 amide bonds. The molecule has 3 aromatic carbocycles. The Morgan fingerprint density at radius 2 is 1.76 bits per heavy atom. The smallest absolute Gasteiger partial charge is 0.254 e. The van der Waals surface area contributed by atoms with Crippen LogP contribution in [0.3, 0.4) is 0 Å². The molecule has 172 valence electrons. The molecule has 1 aliphatic heterocycles. The minimum absolute atomic E-state index is 0.0701. The van der Waals surface area contributed by atoms with Gasteiger partial charge >= 0.3 is 0 Å². The number of ether oxygens (including phenoxy) is 1. The van der Waals surface area contributed by atoms with Crippen LogP contribution in [0.15, 0.2) is 72.8 Å². The number of hydrogen-bond donors (Lipinski definition) is 1. The lowest BCUT2D eigenvalue weighted by atomic mass is 9.94. The highest BCUT2D eigenvalue weighted by Gasteiger charge is 2.28. The average molecular weight is 452 g/mol. The summed E-state index contributed by atoms with van der Waals surface area (Å²) in [5, 5.41) is 0. The number of aryl methyl sites for hydroxylation is 1. The predicted molar refractivity (Wildman–Crippen MR) is 137 cm³/mol. The number of fused-ring (bicyclic) bond motifs is 1. The average Bonchev–Trinajstić information content (AvgIpc) is 3.31. The molecule has 0 bridgehead atoms. The quantitative estimate of drug-likeness (QED) is 0.307. The van der Waals surface area contributed by atoms with Crippen LogP contribution in [-0.2, 0) is 4.79 Å². The lowest BCUT2D eigenvalue weighted by Crippen LogP contribution is -2.38. The number of carbonyl (C=O) groups is 1. The molecule has 1 saturated heterocycles. The molecule has 1 fully saturated rings. The van der Waals surface area contributed by atoms with Crippen LogP contribution in [0, 0.1) is 6.92 Å². The predicted octanol–water partition coefficient (Wildman–Crippen LogP) is 5.83. The van der Waals surface area contributed by atoms with Crippen molar-refractivity contribution in [1.82, 2.24) is 14.9 Å². The number of H-pyrrole nitrogens is 1. The molecule has 2 heterocycles. The summed E-state index contributed by atoms with van der Waals surface area (Å²) in [6, 6.07) is 24.0. The van der Waals surface area contributed by atoms with Crippen LogP contribution in [0.4, 0.5) is 0 Å². The molecular weight excluding hydrogens is 422 g/mol. The van der Waals surface area contributed by atoms with Crippen LogP contribution in [0.25, 0.3) is 22.7 Å². The standard InChI is InChI=1S/C29H29N3O2/c1-20-8-13-26-27(18-20)31-28(30-26)23-14-16-32(17-15-23)29(33)25(22-6-4-3-5-7-22)19-21-9-11-24(34-2)12-10-21/h3-13,18-19,23H,14-17H2,1-2H3,(H,30,31)/b25-19+. The highest BCUT2D eigenvalue weighted by atomic mass is 16.5. The van der Waals surface area contributed by atoms with E-state index in [0.717, 1.165) is 46.6 Å². The molecule has 34 heavy (non-hydrogen) atoms. The van der Waals surface area contributed by atoms with Gasteiger partial charge in [0.2, 0.25) is 0 Å². The first kappa shape index (κ1) is 22.0. The topological polar surface area (TPSA) is 58.2 Å². The second-order valence-electron chi connectivity index (χ2n) is 8.91. The number of nitrogens with zero attached hydrogens (tertiary/aromatic N) is 2. The molecular formula is C29H29N3O2. The molecule has 1 N–H and O–H groups in total. The third-order valence-corrected chi connectivity index (χ3v) is 6.57. The first-order chi connectivity index (χ1) is 16.6. The molecule has 0 atom stereocenters. The number of methoxy groups -OCH3 is 1. The summed E-state index contributed by atoms with van der Waals surface area (Å²) in [5.74, 6) is 2.24. The molecule has 5 rings (SSSR count). The van der Waals surface area contributed by atoms with Crippen LogP contribution in [0.1, 0.15) is 41.3 Å². The second kappa shape index (κ2) is 9.56. The van der Waals surface area contributed by atoms with Crippen molar-refractivity contribution in [3.05, 3.63) is 95.3 Å². The monoisotopic (exact) mass is 451 g/mol. The van der Waals surface area contributed by atoms with Gasteiger partial charge in [-0.1, -0.05) is 48.5 Å². The van der Waals surface area contributed by atoms with Gasteiger partial charge in [0.15, 0.2) is 0 Å². The number of carbonyl (C=O) groups excluding carboxylic acids is 1. The molecule has 5 nitrogen and oxygen atoms in total. The number of amides is 1. The van der Waals surface area contributed by atoms with Crippen LogP contribution >= 0.6 is 0 Å². The largest absolute Gasteiger partial charge is 0.497 e. The van der Waals surface area contributed by atoms with Gasteiger partial charge in [-0.05, 0) is 66.8 Å². The van der Waals surface area contributed by atoms with Gasteiger partial charge in [0.1, 0.15) is 11.6 Å². The highest BCUT2D eigenvalue weighted by molar-refractivity contribution is 6.24. The lowest BCUT2D eigenvalue weighted by molar-refractivity contribution is -0.126. The van der Waals surface area contributed by atoms with E-state index in [1.807, 2.05) is 65.6 Å². The zero-order valence-corrected chi connectivity index (χ0v) is 19.6. The number of aromatic amines is 1. The van der Waals surface area contributed by atoms with Crippen LogP contribution < -0.4 is 4.74 Å². The zero-order valence-electron chi connectivity index (χ0n) is 19.6. The van der Waals surface area contributed by atoms with Gasteiger partial charge in [0.05, 0.1) is 18.1 Å². The van der Waals surface area contributed by atoms with Crippen molar-refractivity contribution in [3.63, 3.8) is 0 Å². The van der Waals surface area contributed by atoms with E-state index >= 15 is 0 Å². The van der Waals surface area contributed by atoms with Crippen molar-refractivity contribution in [3.8, 4) is 5.75 Å². The highest BCUT2D eigenvalue weighted by Crippen LogP contribution is 2.30. The Balaban J connectivity index is 1.35. The van der Waals surface area contributed by atoms with E-state index in [4.69, 9.17) is 9.72 Å². The first-order valence-electron chi connectivity index (χ1n) is 11.8. The normalized spacial score (nSPS) is 15.0. The summed E-state index contributed by atoms with van der Waals surface area (Å²) in [6.45, 7) is 3.52. The van der Waals surface area contributed by atoms with Gasteiger partial charge in [-0.3, -0.25) is 4.79 Å². The van der Waals surface area contributed by atoms with Crippen molar-refractivity contribution in [2.75, 3.05) is 20.2 Å². The third kappa shape index (κ3) is 4.60. The summed E-state index contributed by atoms with van der Waals surface area (Å²) >= 11 is 0.